The third kappa shape index (κ3) is 2.78. The minimum Gasteiger partial charge on any atom is -0.507 e. The first-order chi connectivity index (χ1) is 8.04. The van der Waals surface area contributed by atoms with Crippen LogP contribution in [-0.4, -0.2) is 5.11 Å². The van der Waals surface area contributed by atoms with Gasteiger partial charge in [0.2, 0.25) is 0 Å². The van der Waals surface area contributed by atoms with E-state index in [4.69, 9.17) is 0 Å². The van der Waals surface area contributed by atoms with E-state index in [9.17, 15) is 5.11 Å². The second kappa shape index (κ2) is 5.17. The summed E-state index contributed by atoms with van der Waals surface area (Å²) in [5, 5.41) is 10.5. The predicted octanol–water partition coefficient (Wildman–Crippen LogP) is 5.02. The van der Waals surface area contributed by atoms with Crippen LogP contribution >= 0.6 is 22.6 Å². The van der Waals surface area contributed by atoms with Crippen LogP contribution in [0.2, 0.25) is 0 Å². The molecule has 0 amide bonds. The molecule has 1 saturated carbocycles. The van der Waals surface area contributed by atoms with Crippen LogP contribution in [0.3, 0.4) is 0 Å². The van der Waals surface area contributed by atoms with E-state index in [0.717, 1.165) is 23.5 Å². The molecule has 1 N–H and O–H groups in total. The van der Waals surface area contributed by atoms with Gasteiger partial charge in [-0.1, -0.05) is 20.8 Å². The SMILES string of the molecule is CCC(C)c1cc(I)cc([C@@H](C)C2CC2)c1O. The van der Waals surface area contributed by atoms with E-state index in [1.54, 1.807) is 0 Å². The number of halogens is 1. The van der Waals surface area contributed by atoms with Crippen LogP contribution in [0.25, 0.3) is 0 Å². The first-order valence-electron chi connectivity index (χ1n) is 6.56. The Kier molecular flexibility index (Phi) is 4.01. The number of hydrogen-bond donors (Lipinski definition) is 1. The Morgan fingerprint density at radius 2 is 1.88 bits per heavy atom. The molecule has 2 rings (SSSR count). The van der Waals surface area contributed by atoms with Gasteiger partial charge >= 0.3 is 0 Å². The van der Waals surface area contributed by atoms with Crippen molar-refractivity contribution in [2.75, 3.05) is 0 Å². The fourth-order valence-corrected chi connectivity index (χ4v) is 3.11. The predicted molar refractivity (Wildman–Crippen MR) is 80.7 cm³/mol. The molecule has 0 aliphatic heterocycles. The van der Waals surface area contributed by atoms with Crippen LogP contribution in [0.1, 0.15) is 63.0 Å². The van der Waals surface area contributed by atoms with Crippen molar-refractivity contribution in [2.24, 2.45) is 5.92 Å². The van der Waals surface area contributed by atoms with Gasteiger partial charge in [0.15, 0.2) is 0 Å². The highest BCUT2D eigenvalue weighted by atomic mass is 127. The maximum absolute atomic E-state index is 10.5. The van der Waals surface area contributed by atoms with Crippen LogP contribution < -0.4 is 0 Å². The average molecular weight is 344 g/mol. The van der Waals surface area contributed by atoms with Crippen molar-refractivity contribution in [1.29, 1.82) is 0 Å². The molecule has 0 radical (unpaired) electrons. The molecule has 0 spiro atoms. The summed E-state index contributed by atoms with van der Waals surface area (Å²) < 4.78 is 1.25. The zero-order chi connectivity index (χ0) is 12.6. The van der Waals surface area contributed by atoms with E-state index < -0.39 is 0 Å². The molecule has 0 heterocycles. The molecule has 17 heavy (non-hydrogen) atoms. The van der Waals surface area contributed by atoms with Gasteiger partial charge in [0, 0.05) is 3.57 Å². The molecule has 94 valence electrons. The van der Waals surface area contributed by atoms with Gasteiger partial charge in [0.25, 0.3) is 0 Å². The van der Waals surface area contributed by atoms with E-state index in [1.807, 2.05) is 0 Å². The molecule has 1 aromatic rings. The number of hydrogen-bond acceptors (Lipinski definition) is 1. The van der Waals surface area contributed by atoms with Gasteiger partial charge in [0.1, 0.15) is 5.75 Å². The maximum atomic E-state index is 10.5. The number of phenols is 1. The minimum absolute atomic E-state index is 0.440. The highest BCUT2D eigenvalue weighted by molar-refractivity contribution is 14.1. The van der Waals surface area contributed by atoms with Gasteiger partial charge in [-0.25, -0.2) is 0 Å². The molecule has 1 aliphatic carbocycles. The summed E-state index contributed by atoms with van der Waals surface area (Å²) in [6.45, 7) is 6.62. The van der Waals surface area contributed by atoms with Crippen molar-refractivity contribution in [3.8, 4) is 5.75 Å². The Hall–Kier alpha value is -0.250. The minimum atomic E-state index is 0.440. The Bertz CT molecular complexity index is 410. The number of aromatic hydroxyl groups is 1. The van der Waals surface area contributed by atoms with E-state index in [1.165, 1.54) is 16.4 Å². The van der Waals surface area contributed by atoms with Crippen molar-refractivity contribution in [1.82, 2.24) is 0 Å². The van der Waals surface area contributed by atoms with Crippen molar-refractivity contribution >= 4 is 22.6 Å². The molecule has 1 aliphatic rings. The molecule has 2 heteroatoms. The Balaban J connectivity index is 2.41. The monoisotopic (exact) mass is 344 g/mol. The van der Waals surface area contributed by atoms with Gasteiger partial charge in [-0.2, -0.15) is 0 Å². The number of phenolic OH excluding ortho intramolecular Hbond substituents is 1. The molecule has 0 aromatic heterocycles. The van der Waals surface area contributed by atoms with E-state index >= 15 is 0 Å². The number of benzene rings is 1. The molecular weight excluding hydrogens is 323 g/mol. The smallest absolute Gasteiger partial charge is 0.122 e. The second-order valence-electron chi connectivity index (χ2n) is 5.37. The summed E-state index contributed by atoms with van der Waals surface area (Å²) in [5.74, 6) is 2.30. The lowest BCUT2D eigenvalue weighted by Gasteiger charge is -2.19. The highest BCUT2D eigenvalue weighted by Gasteiger charge is 2.31. The standard InChI is InChI=1S/C15H21IO/c1-4-9(2)13-7-12(16)8-14(15(13)17)10(3)11-5-6-11/h7-11,17H,4-6H2,1-3H3/t9?,10-/m0/s1. The van der Waals surface area contributed by atoms with Gasteiger partial charge in [-0.05, 0) is 82.9 Å². The first kappa shape index (κ1) is 13.2. The van der Waals surface area contributed by atoms with Crippen molar-refractivity contribution in [3.63, 3.8) is 0 Å². The molecular formula is C15H21IO. The molecule has 1 fully saturated rings. The van der Waals surface area contributed by atoms with E-state index in [0.29, 0.717) is 17.6 Å². The Labute approximate surface area is 118 Å². The second-order valence-corrected chi connectivity index (χ2v) is 6.61. The molecule has 1 nitrogen and oxygen atoms in total. The lowest BCUT2D eigenvalue weighted by molar-refractivity contribution is 0.446. The van der Waals surface area contributed by atoms with E-state index in [-0.39, 0.29) is 0 Å². The van der Waals surface area contributed by atoms with Crippen LogP contribution in [-0.2, 0) is 0 Å². The van der Waals surface area contributed by atoms with Gasteiger partial charge in [-0.15, -0.1) is 0 Å². The van der Waals surface area contributed by atoms with Gasteiger partial charge in [0.05, 0.1) is 0 Å². The lowest BCUT2D eigenvalue weighted by atomic mass is 9.89. The van der Waals surface area contributed by atoms with Crippen LogP contribution in [0, 0.1) is 9.49 Å². The highest BCUT2D eigenvalue weighted by Crippen LogP contribution is 2.46. The topological polar surface area (TPSA) is 20.2 Å². The van der Waals surface area contributed by atoms with Gasteiger partial charge in [-0.3, -0.25) is 0 Å². The summed E-state index contributed by atoms with van der Waals surface area (Å²) in [7, 11) is 0. The number of rotatable bonds is 4. The molecule has 0 saturated heterocycles. The molecule has 0 bridgehead atoms. The largest absolute Gasteiger partial charge is 0.507 e. The Morgan fingerprint density at radius 1 is 1.29 bits per heavy atom. The van der Waals surface area contributed by atoms with Crippen molar-refractivity contribution in [3.05, 3.63) is 26.8 Å². The zero-order valence-electron chi connectivity index (χ0n) is 10.8. The quantitative estimate of drug-likeness (QED) is 0.760. The lowest BCUT2D eigenvalue weighted by Crippen LogP contribution is -2.01. The van der Waals surface area contributed by atoms with Crippen molar-refractivity contribution < 1.29 is 5.11 Å². The first-order valence-corrected chi connectivity index (χ1v) is 7.64. The third-order valence-electron chi connectivity index (χ3n) is 4.10. The van der Waals surface area contributed by atoms with Crippen LogP contribution in [0.15, 0.2) is 12.1 Å². The summed E-state index contributed by atoms with van der Waals surface area (Å²) in [5.41, 5.74) is 2.29. The summed E-state index contributed by atoms with van der Waals surface area (Å²) in [6, 6.07) is 4.29. The molecule has 2 atom stereocenters. The third-order valence-corrected chi connectivity index (χ3v) is 4.72. The Morgan fingerprint density at radius 3 is 2.41 bits per heavy atom. The summed E-state index contributed by atoms with van der Waals surface area (Å²) in [4.78, 5) is 0. The fourth-order valence-electron chi connectivity index (χ4n) is 2.43. The fraction of sp³-hybridized carbons (Fsp3) is 0.600. The molecule has 1 unspecified atom stereocenters. The van der Waals surface area contributed by atoms with E-state index in [2.05, 4.69) is 55.5 Å². The normalized spacial score (nSPS) is 19.1. The van der Waals surface area contributed by atoms with Crippen LogP contribution in [0.5, 0.6) is 5.75 Å². The maximum Gasteiger partial charge on any atom is 0.122 e. The zero-order valence-corrected chi connectivity index (χ0v) is 13.0. The molecule has 1 aromatic carbocycles. The van der Waals surface area contributed by atoms with Crippen LogP contribution in [0.4, 0.5) is 0 Å². The van der Waals surface area contributed by atoms with Gasteiger partial charge < -0.3 is 5.11 Å². The summed E-state index contributed by atoms with van der Waals surface area (Å²) >= 11 is 2.36. The average Bonchev–Trinajstić information content (AvgIpc) is 3.13. The van der Waals surface area contributed by atoms with Crippen molar-refractivity contribution in [2.45, 2.75) is 51.9 Å². The summed E-state index contributed by atoms with van der Waals surface area (Å²) in [6.07, 6.45) is 3.72.